The van der Waals surface area contributed by atoms with Gasteiger partial charge in [-0.2, -0.15) is 0 Å². The zero-order chi connectivity index (χ0) is 26.4. The van der Waals surface area contributed by atoms with Gasteiger partial charge < -0.3 is 9.47 Å². The molecule has 0 bridgehead atoms. The van der Waals surface area contributed by atoms with Crippen LogP contribution in [0.3, 0.4) is 0 Å². The van der Waals surface area contributed by atoms with Gasteiger partial charge in [-0.15, -0.1) is 0 Å². The highest BCUT2D eigenvalue weighted by molar-refractivity contribution is 5.61. The monoisotopic (exact) mass is 488 g/mol. The third kappa shape index (κ3) is 6.21. The van der Waals surface area contributed by atoms with Crippen molar-refractivity contribution in [2.24, 2.45) is 0 Å². The molecular weight excluding hydrogens is 452 g/mol. The van der Waals surface area contributed by atoms with Crippen LogP contribution in [-0.2, 0) is 6.42 Å². The molecule has 0 aliphatic carbocycles. The van der Waals surface area contributed by atoms with Crippen LogP contribution in [0.1, 0.15) is 58.4 Å². The summed E-state index contributed by atoms with van der Waals surface area (Å²) >= 11 is 0. The Morgan fingerprint density at radius 2 is 0.973 bits per heavy atom. The van der Waals surface area contributed by atoms with Crippen LogP contribution in [0.5, 0.6) is 23.0 Å². The fraction of sp³-hybridized carbons (Fsp3) is 0.200. The Morgan fingerprint density at radius 3 is 1.38 bits per heavy atom. The summed E-state index contributed by atoms with van der Waals surface area (Å²) in [5.41, 5.74) is 9.08. The van der Waals surface area contributed by atoms with Crippen LogP contribution in [-0.4, -0.2) is 0 Å². The Labute approximate surface area is 221 Å². The van der Waals surface area contributed by atoms with Crippen molar-refractivity contribution in [3.8, 4) is 23.0 Å². The van der Waals surface area contributed by atoms with E-state index >= 15 is 0 Å². The highest BCUT2D eigenvalue weighted by Crippen LogP contribution is 2.38. The minimum absolute atomic E-state index is 0.702. The first-order valence-corrected chi connectivity index (χ1v) is 12.9. The van der Waals surface area contributed by atoms with Gasteiger partial charge in [0.15, 0.2) is 0 Å². The number of rotatable bonds is 8. The minimum atomic E-state index is 0.702. The van der Waals surface area contributed by atoms with Crippen LogP contribution < -0.4 is 9.47 Å². The molecule has 0 saturated heterocycles. The van der Waals surface area contributed by atoms with Gasteiger partial charge in [-0.25, -0.2) is 0 Å². The van der Waals surface area contributed by atoms with E-state index in [2.05, 4.69) is 76.2 Å². The first-order valence-electron chi connectivity index (χ1n) is 12.9. The predicted octanol–water partition coefficient (Wildman–Crippen LogP) is 10.2. The number of allylic oxidation sites excluding steroid dienone is 2. The quantitative estimate of drug-likeness (QED) is 0.246. The van der Waals surface area contributed by atoms with Crippen LogP contribution in [0.25, 0.3) is 12.2 Å². The predicted molar refractivity (Wildman–Crippen MR) is 157 cm³/mol. The number of aryl methyl sites for hydroxylation is 4. The molecule has 2 heteroatoms. The molecule has 0 atom stereocenters. The smallest absolute Gasteiger partial charge is 0.134 e. The normalized spacial score (nSPS) is 11.4. The maximum Gasteiger partial charge on any atom is 0.134 e. The fourth-order valence-electron chi connectivity index (χ4n) is 4.85. The standard InChI is InChI=1S/C35H36O2/c1-7-13-28-15-9-11-17-32(28)36-34-26(5)19-24(3)21-30(34)23-31-22-25(4)20-27(6)35(31)37-33-18-12-10-16-29(33)14-8-2/h7-22H,23H2,1-6H3/b13-7-,14-8-. The van der Waals surface area contributed by atoms with E-state index in [4.69, 9.17) is 9.47 Å². The summed E-state index contributed by atoms with van der Waals surface area (Å²) in [5.74, 6) is 3.51. The molecule has 0 aromatic heterocycles. The van der Waals surface area contributed by atoms with Crippen LogP contribution >= 0.6 is 0 Å². The molecule has 0 fully saturated rings. The maximum absolute atomic E-state index is 6.62. The third-order valence-corrected chi connectivity index (χ3v) is 6.33. The lowest BCUT2D eigenvalue weighted by Crippen LogP contribution is -2.02. The van der Waals surface area contributed by atoms with Crippen molar-refractivity contribution in [1.82, 2.24) is 0 Å². The molecule has 0 N–H and O–H groups in total. The molecule has 0 unspecified atom stereocenters. The molecule has 188 valence electrons. The fourth-order valence-corrected chi connectivity index (χ4v) is 4.85. The molecular formula is C35H36O2. The topological polar surface area (TPSA) is 18.5 Å². The molecule has 0 amide bonds. The number of ether oxygens (including phenoxy) is 2. The molecule has 4 rings (SSSR count). The summed E-state index contributed by atoms with van der Waals surface area (Å²) in [6, 6.07) is 25.2. The van der Waals surface area contributed by atoms with Crippen molar-refractivity contribution in [2.75, 3.05) is 0 Å². The molecule has 0 heterocycles. The molecule has 0 spiro atoms. The van der Waals surface area contributed by atoms with E-state index in [9.17, 15) is 0 Å². The van der Waals surface area contributed by atoms with E-state index in [-0.39, 0.29) is 0 Å². The summed E-state index contributed by atoms with van der Waals surface area (Å²) in [6.07, 6.45) is 8.94. The van der Waals surface area contributed by atoms with Crippen LogP contribution in [0, 0.1) is 27.7 Å². The summed E-state index contributed by atoms with van der Waals surface area (Å²) in [7, 11) is 0. The van der Waals surface area contributed by atoms with Crippen LogP contribution in [0.4, 0.5) is 0 Å². The SMILES string of the molecule is C/C=C\c1ccccc1Oc1c(C)cc(C)cc1Cc1cc(C)cc(C)c1Oc1ccccc1/C=C\C. The van der Waals surface area contributed by atoms with E-state index in [1.54, 1.807) is 0 Å². The van der Waals surface area contributed by atoms with Crippen molar-refractivity contribution in [3.63, 3.8) is 0 Å². The Bertz CT molecular complexity index is 1350. The summed E-state index contributed by atoms with van der Waals surface area (Å²) in [4.78, 5) is 0. The van der Waals surface area contributed by atoms with Crippen molar-refractivity contribution in [1.29, 1.82) is 0 Å². The van der Waals surface area contributed by atoms with Crippen LogP contribution in [0.2, 0.25) is 0 Å². The van der Waals surface area contributed by atoms with Gasteiger partial charge in [-0.05, 0) is 75.9 Å². The average Bonchev–Trinajstić information content (AvgIpc) is 2.85. The van der Waals surface area contributed by atoms with Crippen LogP contribution in [0.15, 0.2) is 84.9 Å². The van der Waals surface area contributed by atoms with Gasteiger partial charge in [0, 0.05) is 17.5 Å². The minimum Gasteiger partial charge on any atom is -0.456 e. The summed E-state index contributed by atoms with van der Waals surface area (Å²) in [5, 5.41) is 0. The van der Waals surface area contributed by atoms with Crippen molar-refractivity contribution < 1.29 is 9.47 Å². The molecule has 37 heavy (non-hydrogen) atoms. The largest absolute Gasteiger partial charge is 0.456 e. The van der Waals surface area contributed by atoms with Crippen molar-refractivity contribution >= 4 is 12.2 Å². The summed E-state index contributed by atoms with van der Waals surface area (Å²) in [6.45, 7) is 12.6. The lowest BCUT2D eigenvalue weighted by molar-refractivity contribution is 0.466. The van der Waals surface area contributed by atoms with Crippen molar-refractivity contribution in [2.45, 2.75) is 48.0 Å². The van der Waals surface area contributed by atoms with Crippen molar-refractivity contribution in [3.05, 3.63) is 129 Å². The van der Waals surface area contributed by atoms with E-state index in [0.29, 0.717) is 6.42 Å². The highest BCUT2D eigenvalue weighted by Gasteiger charge is 2.17. The van der Waals surface area contributed by atoms with Gasteiger partial charge in [0.2, 0.25) is 0 Å². The number of benzene rings is 4. The lowest BCUT2D eigenvalue weighted by atomic mass is 9.96. The van der Waals surface area contributed by atoms with Gasteiger partial charge >= 0.3 is 0 Å². The molecule has 0 saturated carbocycles. The van der Waals surface area contributed by atoms with Gasteiger partial charge in [-0.1, -0.05) is 96.1 Å². The molecule has 2 nitrogen and oxygen atoms in total. The van der Waals surface area contributed by atoms with Gasteiger partial charge in [0.1, 0.15) is 23.0 Å². The number of hydrogen-bond acceptors (Lipinski definition) is 2. The van der Waals surface area contributed by atoms with E-state index in [0.717, 1.165) is 56.4 Å². The maximum atomic E-state index is 6.62. The molecule has 4 aromatic carbocycles. The van der Waals surface area contributed by atoms with Gasteiger partial charge in [-0.3, -0.25) is 0 Å². The number of para-hydroxylation sites is 2. The zero-order valence-corrected chi connectivity index (χ0v) is 22.8. The molecule has 0 aliphatic heterocycles. The van der Waals surface area contributed by atoms with E-state index in [1.165, 1.54) is 11.1 Å². The first-order chi connectivity index (χ1) is 17.9. The Morgan fingerprint density at radius 1 is 0.568 bits per heavy atom. The van der Waals surface area contributed by atoms with Gasteiger partial charge in [0.05, 0.1) is 0 Å². The highest BCUT2D eigenvalue weighted by atomic mass is 16.5. The second-order valence-corrected chi connectivity index (χ2v) is 9.60. The molecule has 0 radical (unpaired) electrons. The number of hydrogen-bond donors (Lipinski definition) is 0. The second kappa shape index (κ2) is 11.8. The lowest BCUT2D eigenvalue weighted by Gasteiger charge is -2.20. The second-order valence-electron chi connectivity index (χ2n) is 9.60. The Hall–Kier alpha value is -4.04. The van der Waals surface area contributed by atoms with E-state index in [1.807, 2.05) is 62.4 Å². The summed E-state index contributed by atoms with van der Waals surface area (Å²) < 4.78 is 13.2. The third-order valence-electron chi connectivity index (χ3n) is 6.33. The zero-order valence-electron chi connectivity index (χ0n) is 22.8. The van der Waals surface area contributed by atoms with Gasteiger partial charge in [0.25, 0.3) is 0 Å². The average molecular weight is 489 g/mol. The molecule has 4 aromatic rings. The Kier molecular flexibility index (Phi) is 8.30. The molecule has 0 aliphatic rings. The first kappa shape index (κ1) is 26.0. The van der Waals surface area contributed by atoms with E-state index < -0.39 is 0 Å². The Balaban J connectivity index is 1.79.